The van der Waals surface area contributed by atoms with Gasteiger partial charge in [0.05, 0.1) is 11.7 Å². The molecular weight excluding hydrogens is 316 g/mol. The summed E-state index contributed by atoms with van der Waals surface area (Å²) >= 11 is 0. The van der Waals surface area contributed by atoms with E-state index in [-0.39, 0.29) is 34.8 Å². The van der Waals surface area contributed by atoms with Crippen LogP contribution in [0.25, 0.3) is 6.08 Å². The van der Waals surface area contributed by atoms with Crippen molar-refractivity contribution in [1.82, 2.24) is 0 Å². The third kappa shape index (κ3) is 4.58. The number of aliphatic hydroxyl groups excluding tert-OH is 1. The summed E-state index contributed by atoms with van der Waals surface area (Å²) in [6.45, 7) is 7.28. The first-order chi connectivity index (χ1) is 11.8. The molecule has 4 nitrogen and oxygen atoms in total. The van der Waals surface area contributed by atoms with Crippen molar-refractivity contribution in [2.24, 2.45) is 0 Å². The van der Waals surface area contributed by atoms with Gasteiger partial charge in [-0.1, -0.05) is 48.1 Å². The molecular formula is C21H22O4. The van der Waals surface area contributed by atoms with Gasteiger partial charge >= 0.3 is 0 Å². The monoisotopic (exact) mass is 338 g/mol. The molecule has 0 saturated heterocycles. The van der Waals surface area contributed by atoms with Crippen LogP contribution in [0.4, 0.5) is 0 Å². The molecule has 2 rings (SSSR count). The minimum atomic E-state index is -0.912. The lowest BCUT2D eigenvalue weighted by atomic mass is 9.97. The average Bonchev–Trinajstić information content (AvgIpc) is 2.57. The first-order valence-corrected chi connectivity index (χ1v) is 7.96. The van der Waals surface area contributed by atoms with Crippen LogP contribution in [0.15, 0.2) is 54.6 Å². The number of carbonyl (C=O) groups is 1. The van der Waals surface area contributed by atoms with Crippen molar-refractivity contribution in [3.63, 3.8) is 0 Å². The Balaban J connectivity index is 2.27. The maximum Gasteiger partial charge on any atom is 0.189 e. The second-order valence-corrected chi connectivity index (χ2v) is 6.13. The Morgan fingerprint density at radius 3 is 2.40 bits per heavy atom. The van der Waals surface area contributed by atoms with Crippen molar-refractivity contribution < 1.29 is 20.1 Å². The Morgan fingerprint density at radius 2 is 1.80 bits per heavy atom. The standard InChI is InChI=1S/C21H22O4/c1-13(2)20(24)12-17-19(23)11-9-16(21(17)25)18(22)10-8-15-6-4-14(3)5-7-15/h4-11,20,23-25H,1,12H2,2-3H3/b10-8+. The lowest BCUT2D eigenvalue weighted by Crippen LogP contribution is -2.12. The van der Waals surface area contributed by atoms with Gasteiger partial charge in [-0.2, -0.15) is 0 Å². The SMILES string of the molecule is C=C(C)C(O)Cc1c(O)ccc(C(=O)/C=C/c2ccc(C)cc2)c1O. The number of hydrogen-bond acceptors (Lipinski definition) is 4. The highest BCUT2D eigenvalue weighted by Crippen LogP contribution is 2.33. The lowest BCUT2D eigenvalue weighted by molar-refractivity contribution is 0.104. The van der Waals surface area contributed by atoms with Crippen LogP contribution in [-0.4, -0.2) is 27.2 Å². The van der Waals surface area contributed by atoms with Crippen LogP contribution in [0.2, 0.25) is 0 Å². The predicted octanol–water partition coefficient (Wildman–Crippen LogP) is 3.78. The van der Waals surface area contributed by atoms with E-state index < -0.39 is 6.10 Å². The van der Waals surface area contributed by atoms with Crippen LogP contribution < -0.4 is 0 Å². The van der Waals surface area contributed by atoms with Gasteiger partial charge in [0.1, 0.15) is 11.5 Å². The number of aryl methyl sites for hydroxylation is 1. The zero-order chi connectivity index (χ0) is 18.6. The normalized spacial score (nSPS) is 12.3. The average molecular weight is 338 g/mol. The molecule has 0 heterocycles. The van der Waals surface area contributed by atoms with Gasteiger partial charge in [-0.3, -0.25) is 4.79 Å². The number of ketones is 1. The lowest BCUT2D eigenvalue weighted by Gasteiger charge is -2.14. The van der Waals surface area contributed by atoms with Gasteiger partial charge in [0.2, 0.25) is 0 Å². The fourth-order valence-electron chi connectivity index (χ4n) is 2.33. The summed E-state index contributed by atoms with van der Waals surface area (Å²) in [5.41, 5.74) is 2.71. The zero-order valence-corrected chi connectivity index (χ0v) is 14.4. The molecule has 0 amide bonds. The molecule has 0 aliphatic rings. The van der Waals surface area contributed by atoms with E-state index in [4.69, 9.17) is 0 Å². The molecule has 2 aromatic rings. The second kappa shape index (κ2) is 7.81. The zero-order valence-electron chi connectivity index (χ0n) is 14.4. The van der Waals surface area contributed by atoms with Crippen molar-refractivity contribution in [2.75, 3.05) is 0 Å². The highest BCUT2D eigenvalue weighted by atomic mass is 16.3. The van der Waals surface area contributed by atoms with E-state index in [1.54, 1.807) is 13.0 Å². The van der Waals surface area contributed by atoms with Crippen molar-refractivity contribution in [1.29, 1.82) is 0 Å². The number of aliphatic hydroxyl groups is 1. The van der Waals surface area contributed by atoms with Crippen LogP contribution in [0.3, 0.4) is 0 Å². The van der Waals surface area contributed by atoms with Crippen LogP contribution in [0, 0.1) is 6.92 Å². The van der Waals surface area contributed by atoms with E-state index >= 15 is 0 Å². The summed E-state index contributed by atoms with van der Waals surface area (Å²) in [6.07, 6.45) is 2.10. The van der Waals surface area contributed by atoms with Crippen molar-refractivity contribution in [2.45, 2.75) is 26.4 Å². The molecule has 130 valence electrons. The Bertz CT molecular complexity index is 817. The molecule has 0 aromatic heterocycles. The van der Waals surface area contributed by atoms with Crippen molar-refractivity contribution >= 4 is 11.9 Å². The molecule has 0 saturated carbocycles. The fourth-order valence-corrected chi connectivity index (χ4v) is 2.33. The van der Waals surface area contributed by atoms with Gasteiger partial charge in [-0.25, -0.2) is 0 Å². The molecule has 0 fully saturated rings. The molecule has 2 aromatic carbocycles. The summed E-state index contributed by atoms with van der Waals surface area (Å²) in [6, 6.07) is 10.4. The van der Waals surface area contributed by atoms with Crippen LogP contribution >= 0.6 is 0 Å². The highest BCUT2D eigenvalue weighted by molar-refractivity contribution is 6.09. The molecule has 0 radical (unpaired) electrons. The highest BCUT2D eigenvalue weighted by Gasteiger charge is 2.19. The van der Waals surface area contributed by atoms with Gasteiger partial charge in [-0.15, -0.1) is 0 Å². The van der Waals surface area contributed by atoms with E-state index in [2.05, 4.69) is 6.58 Å². The van der Waals surface area contributed by atoms with E-state index in [1.807, 2.05) is 31.2 Å². The number of allylic oxidation sites excluding steroid dienone is 1. The first-order valence-electron chi connectivity index (χ1n) is 7.96. The summed E-state index contributed by atoms with van der Waals surface area (Å²) in [5, 5.41) is 30.2. The van der Waals surface area contributed by atoms with Crippen LogP contribution in [0.1, 0.15) is 34.0 Å². The molecule has 0 aliphatic carbocycles. The van der Waals surface area contributed by atoms with Gasteiger partial charge in [0, 0.05) is 12.0 Å². The van der Waals surface area contributed by atoms with Crippen molar-refractivity contribution in [3.8, 4) is 11.5 Å². The van der Waals surface area contributed by atoms with Gasteiger partial charge in [-0.05, 0) is 37.6 Å². The number of benzene rings is 2. The van der Waals surface area contributed by atoms with E-state index in [0.29, 0.717) is 5.57 Å². The summed E-state index contributed by atoms with van der Waals surface area (Å²) in [7, 11) is 0. The Hall–Kier alpha value is -2.85. The number of hydrogen-bond donors (Lipinski definition) is 3. The Kier molecular flexibility index (Phi) is 5.78. The number of phenolic OH excluding ortho intramolecular Hbond substituents is 2. The topological polar surface area (TPSA) is 77.8 Å². The number of phenols is 2. The number of rotatable bonds is 6. The third-order valence-corrected chi connectivity index (χ3v) is 3.99. The summed E-state index contributed by atoms with van der Waals surface area (Å²) in [4.78, 5) is 12.4. The second-order valence-electron chi connectivity index (χ2n) is 6.13. The largest absolute Gasteiger partial charge is 0.508 e. The molecule has 0 spiro atoms. The van der Waals surface area contributed by atoms with Gasteiger partial charge < -0.3 is 15.3 Å². The summed E-state index contributed by atoms with van der Waals surface area (Å²) < 4.78 is 0. The number of carbonyl (C=O) groups excluding carboxylic acids is 1. The third-order valence-electron chi connectivity index (χ3n) is 3.99. The van der Waals surface area contributed by atoms with Gasteiger partial charge in [0.25, 0.3) is 0 Å². The molecule has 3 N–H and O–H groups in total. The van der Waals surface area contributed by atoms with E-state index in [9.17, 15) is 20.1 Å². The quantitative estimate of drug-likeness (QED) is 0.425. The number of aromatic hydroxyl groups is 2. The maximum atomic E-state index is 12.4. The molecule has 0 aliphatic heterocycles. The summed E-state index contributed by atoms with van der Waals surface area (Å²) in [5.74, 6) is -0.875. The Morgan fingerprint density at radius 1 is 1.16 bits per heavy atom. The molecule has 4 heteroatoms. The van der Waals surface area contributed by atoms with E-state index in [1.165, 1.54) is 18.2 Å². The van der Waals surface area contributed by atoms with Crippen LogP contribution in [0.5, 0.6) is 11.5 Å². The molecule has 1 unspecified atom stereocenters. The minimum Gasteiger partial charge on any atom is -0.508 e. The molecule has 25 heavy (non-hydrogen) atoms. The van der Waals surface area contributed by atoms with Gasteiger partial charge in [0.15, 0.2) is 5.78 Å². The van der Waals surface area contributed by atoms with E-state index in [0.717, 1.165) is 11.1 Å². The maximum absolute atomic E-state index is 12.4. The van der Waals surface area contributed by atoms with Crippen LogP contribution in [-0.2, 0) is 6.42 Å². The fraction of sp³-hybridized carbons (Fsp3) is 0.190. The first kappa shape index (κ1) is 18.5. The predicted molar refractivity (Wildman–Crippen MR) is 98.8 cm³/mol. The minimum absolute atomic E-state index is 0.0181. The molecule has 1 atom stereocenters. The smallest absolute Gasteiger partial charge is 0.189 e. The van der Waals surface area contributed by atoms with Crippen molar-refractivity contribution in [3.05, 3.63) is 76.9 Å². The molecule has 0 bridgehead atoms. The Labute approximate surface area is 147 Å².